The topological polar surface area (TPSA) is 15.3 Å². The highest BCUT2D eigenvalue weighted by atomic mass is 15.3. The van der Waals surface area contributed by atoms with Crippen LogP contribution in [0.15, 0.2) is 145 Å². The zero-order valence-electron chi connectivity index (χ0n) is 23.9. The van der Waals surface area contributed by atoms with Gasteiger partial charge in [-0.1, -0.05) is 121 Å². The molecule has 0 aromatic heterocycles. The number of allylic oxidation sites excluding steroid dienone is 5. The number of rotatable bonds is 4. The van der Waals surface area contributed by atoms with Gasteiger partial charge in [0.15, 0.2) is 0 Å². The number of hydrogen-bond donors (Lipinski definition) is 1. The molecule has 0 radical (unpaired) electrons. The largest absolute Gasteiger partial charge is 0.359 e. The lowest BCUT2D eigenvalue weighted by Crippen LogP contribution is -2.36. The molecule has 0 saturated carbocycles. The molecule has 1 N–H and O–H groups in total. The van der Waals surface area contributed by atoms with Crippen molar-refractivity contribution in [1.82, 2.24) is 0 Å². The normalized spacial score (nSPS) is 19.5. The highest BCUT2D eigenvalue weighted by Gasteiger charge is 2.33. The van der Waals surface area contributed by atoms with Gasteiger partial charge in [-0.2, -0.15) is 0 Å². The average molecular weight is 543 g/mol. The Kier molecular flexibility index (Phi) is 6.07. The summed E-state index contributed by atoms with van der Waals surface area (Å²) in [6, 6.07) is 35.6. The Morgan fingerprint density at radius 2 is 1.50 bits per heavy atom. The summed E-state index contributed by atoms with van der Waals surface area (Å²) in [6.07, 6.45) is 17.6. The third-order valence-electron chi connectivity index (χ3n) is 9.07. The molecule has 0 fully saturated rings. The van der Waals surface area contributed by atoms with Crippen LogP contribution in [0, 0.1) is 6.92 Å². The molecule has 2 unspecified atom stereocenters. The Morgan fingerprint density at radius 3 is 2.31 bits per heavy atom. The van der Waals surface area contributed by atoms with Crippen LogP contribution < -0.4 is 10.2 Å². The summed E-state index contributed by atoms with van der Waals surface area (Å²) >= 11 is 0. The summed E-state index contributed by atoms with van der Waals surface area (Å²) in [5, 5.41) is 9.17. The van der Waals surface area contributed by atoms with E-state index in [0.717, 1.165) is 19.3 Å². The number of hydrogen-bond acceptors (Lipinski definition) is 2. The summed E-state index contributed by atoms with van der Waals surface area (Å²) in [5.41, 5.74) is 10.4. The third kappa shape index (κ3) is 4.10. The molecule has 42 heavy (non-hydrogen) atoms. The first-order chi connectivity index (χ1) is 20.8. The second kappa shape index (κ2) is 10.2. The lowest BCUT2D eigenvalue weighted by atomic mass is 9.81. The molecule has 3 aliphatic rings. The van der Waals surface area contributed by atoms with Gasteiger partial charge in [-0.25, -0.2) is 0 Å². The van der Waals surface area contributed by atoms with Gasteiger partial charge in [0.05, 0.1) is 11.4 Å². The Bertz CT molecular complexity index is 1960. The number of nitrogens with zero attached hydrogens (tertiary/aromatic N) is 1. The van der Waals surface area contributed by atoms with Crippen LogP contribution in [0.4, 0.5) is 11.4 Å². The van der Waals surface area contributed by atoms with Gasteiger partial charge in [-0.05, 0) is 88.2 Å². The van der Waals surface area contributed by atoms with Crippen LogP contribution in [0.5, 0.6) is 0 Å². The average Bonchev–Trinajstić information content (AvgIpc) is 3.44. The van der Waals surface area contributed by atoms with Crippen molar-refractivity contribution in [1.29, 1.82) is 0 Å². The summed E-state index contributed by atoms with van der Waals surface area (Å²) in [4.78, 5) is 2.49. The fraction of sp³-hybridized carbons (Fsp3) is 0.150. The quantitative estimate of drug-likeness (QED) is 0.227. The second-order valence-corrected chi connectivity index (χ2v) is 11.7. The van der Waals surface area contributed by atoms with Gasteiger partial charge < -0.3 is 10.2 Å². The van der Waals surface area contributed by atoms with Crippen molar-refractivity contribution in [2.24, 2.45) is 0 Å². The van der Waals surface area contributed by atoms with E-state index >= 15 is 0 Å². The molecule has 2 aliphatic carbocycles. The number of benzene rings is 5. The smallest absolute Gasteiger partial charge is 0.130 e. The van der Waals surface area contributed by atoms with Crippen molar-refractivity contribution in [2.75, 3.05) is 10.2 Å². The van der Waals surface area contributed by atoms with Gasteiger partial charge in [0.25, 0.3) is 0 Å². The molecule has 0 spiro atoms. The van der Waals surface area contributed by atoms with Crippen molar-refractivity contribution in [3.05, 3.63) is 156 Å². The first-order valence-corrected chi connectivity index (χ1v) is 15.2. The molecule has 2 nitrogen and oxygen atoms in total. The first kappa shape index (κ1) is 24.9. The summed E-state index contributed by atoms with van der Waals surface area (Å²) < 4.78 is 0. The van der Waals surface area contributed by atoms with Gasteiger partial charge in [-0.15, -0.1) is 0 Å². The van der Waals surface area contributed by atoms with Crippen LogP contribution in [-0.2, 0) is 0 Å². The van der Waals surface area contributed by atoms with Gasteiger partial charge >= 0.3 is 0 Å². The fourth-order valence-electron chi connectivity index (χ4n) is 7.16. The zero-order chi connectivity index (χ0) is 28.0. The maximum atomic E-state index is 3.80. The number of aryl methyl sites for hydroxylation is 1. The molecule has 5 aromatic rings. The Labute approximate surface area is 248 Å². The number of anilines is 2. The lowest BCUT2D eigenvalue weighted by Gasteiger charge is -2.32. The van der Waals surface area contributed by atoms with Crippen molar-refractivity contribution < 1.29 is 0 Å². The van der Waals surface area contributed by atoms with E-state index in [0.29, 0.717) is 5.92 Å². The van der Waals surface area contributed by atoms with E-state index in [1.165, 1.54) is 66.4 Å². The first-order valence-electron chi connectivity index (χ1n) is 15.2. The maximum Gasteiger partial charge on any atom is 0.130 e. The molecular weight excluding hydrogens is 508 g/mol. The molecular formula is C40H34N2. The number of para-hydroxylation sites is 2. The van der Waals surface area contributed by atoms with Crippen LogP contribution in [0.25, 0.3) is 32.7 Å². The van der Waals surface area contributed by atoms with Crippen molar-refractivity contribution in [3.8, 4) is 11.1 Å². The predicted octanol–water partition coefficient (Wildman–Crippen LogP) is 10.4. The molecule has 2 heteroatoms. The van der Waals surface area contributed by atoms with Crippen LogP contribution in [0.2, 0.25) is 0 Å². The van der Waals surface area contributed by atoms with Crippen LogP contribution >= 0.6 is 0 Å². The molecule has 0 saturated heterocycles. The molecule has 5 aromatic carbocycles. The van der Waals surface area contributed by atoms with Crippen LogP contribution in [-0.4, -0.2) is 6.17 Å². The molecule has 204 valence electrons. The molecule has 1 aliphatic heterocycles. The van der Waals surface area contributed by atoms with Crippen LogP contribution in [0.3, 0.4) is 0 Å². The minimum Gasteiger partial charge on any atom is -0.359 e. The van der Waals surface area contributed by atoms with Gasteiger partial charge in [-0.3, -0.25) is 0 Å². The summed E-state index contributed by atoms with van der Waals surface area (Å²) in [7, 11) is 0. The minimum absolute atomic E-state index is 0.112. The third-order valence-corrected chi connectivity index (χ3v) is 9.07. The van der Waals surface area contributed by atoms with Crippen molar-refractivity contribution >= 4 is 32.9 Å². The van der Waals surface area contributed by atoms with E-state index in [1.54, 1.807) is 0 Å². The zero-order valence-corrected chi connectivity index (χ0v) is 23.9. The molecule has 1 heterocycles. The highest BCUT2D eigenvalue weighted by molar-refractivity contribution is 6.15. The van der Waals surface area contributed by atoms with Crippen LogP contribution in [0.1, 0.15) is 36.3 Å². The number of fused-ring (bicyclic) bond motifs is 3. The predicted molar refractivity (Wildman–Crippen MR) is 179 cm³/mol. The Morgan fingerprint density at radius 1 is 0.714 bits per heavy atom. The lowest BCUT2D eigenvalue weighted by molar-refractivity contribution is 0.802. The van der Waals surface area contributed by atoms with Crippen molar-refractivity contribution in [2.45, 2.75) is 38.3 Å². The van der Waals surface area contributed by atoms with E-state index in [-0.39, 0.29) is 6.17 Å². The van der Waals surface area contributed by atoms with E-state index in [2.05, 4.69) is 151 Å². The van der Waals surface area contributed by atoms with E-state index < -0.39 is 0 Å². The molecule has 0 bridgehead atoms. The SMILES string of the molecule is Cc1ccc2c(-c3ccccc3)c3ccccc3c(C3C=CC(N4c5ccccc5NC4C4=CCCC=C4)=CC3)c2c1. The Hall–Kier alpha value is -4.82. The summed E-state index contributed by atoms with van der Waals surface area (Å²) in [5.74, 6) is 0.297. The molecule has 0 amide bonds. The second-order valence-electron chi connectivity index (χ2n) is 11.7. The Balaban J connectivity index is 1.24. The molecule has 8 rings (SSSR count). The van der Waals surface area contributed by atoms with E-state index in [1.807, 2.05) is 0 Å². The van der Waals surface area contributed by atoms with Gasteiger partial charge in [0.1, 0.15) is 6.17 Å². The standard InChI is InChI=1S/C40H34N2/c1-27-20-25-34-35(26-27)39(33-17-9-8-16-32(33)38(34)28-12-4-2-5-13-28)29-21-23-31(24-22-29)42-37-19-11-10-18-36(37)41-40(42)30-14-6-3-7-15-30/h2,4-6,8-21,23-26,29,40-41H,3,7,22H2,1H3. The van der Waals surface area contributed by atoms with Crippen molar-refractivity contribution in [3.63, 3.8) is 0 Å². The molecule has 2 atom stereocenters. The van der Waals surface area contributed by atoms with Gasteiger partial charge in [0, 0.05) is 11.6 Å². The highest BCUT2D eigenvalue weighted by Crippen LogP contribution is 2.46. The fourth-order valence-corrected chi connectivity index (χ4v) is 7.16. The summed E-state index contributed by atoms with van der Waals surface area (Å²) in [6.45, 7) is 2.21. The number of nitrogens with one attached hydrogen (secondary N) is 1. The minimum atomic E-state index is 0.112. The van der Waals surface area contributed by atoms with E-state index in [9.17, 15) is 0 Å². The van der Waals surface area contributed by atoms with Gasteiger partial charge in [0.2, 0.25) is 0 Å². The monoisotopic (exact) mass is 542 g/mol. The maximum absolute atomic E-state index is 3.80. The van der Waals surface area contributed by atoms with E-state index in [4.69, 9.17) is 0 Å².